The summed E-state index contributed by atoms with van der Waals surface area (Å²) < 4.78 is 5.35. The van der Waals surface area contributed by atoms with E-state index in [2.05, 4.69) is 5.32 Å². The zero-order valence-corrected chi connectivity index (χ0v) is 14.5. The predicted octanol–water partition coefficient (Wildman–Crippen LogP) is 3.08. The first-order valence-electron chi connectivity index (χ1n) is 7.85. The molecule has 0 saturated carbocycles. The Balaban J connectivity index is 1.88. The maximum atomic E-state index is 12.1. The highest BCUT2D eigenvalue weighted by Crippen LogP contribution is 2.23. The van der Waals surface area contributed by atoms with Crippen molar-refractivity contribution in [3.8, 4) is 5.75 Å². The average molecular weight is 359 g/mol. The number of guanidine groups is 1. The van der Waals surface area contributed by atoms with Gasteiger partial charge in [-0.25, -0.2) is 4.79 Å². The minimum Gasteiger partial charge on any atom is -0.423 e. The van der Waals surface area contributed by atoms with Crippen LogP contribution in [0.15, 0.2) is 53.4 Å². The standard InChI is InChI=1S/C18H21N3O3S/c19-18(20)21-14-5-3-13(4-6-14)17(23)24-15-7-9-16(10-8-15)25-12-2-1-11-22/h3-10,22H,1-2,11-12H2,(H4,19,20,21). The lowest BCUT2D eigenvalue weighted by Gasteiger charge is -2.07. The molecule has 0 heterocycles. The smallest absolute Gasteiger partial charge is 0.343 e. The Kier molecular flexibility index (Phi) is 7.31. The number of ether oxygens (including phenoxy) is 1. The van der Waals surface area contributed by atoms with Crippen LogP contribution in [0.4, 0.5) is 5.69 Å². The Morgan fingerprint density at radius 1 is 1.12 bits per heavy atom. The first-order chi connectivity index (χ1) is 12.1. The molecule has 0 aliphatic carbocycles. The van der Waals surface area contributed by atoms with Gasteiger partial charge in [0.25, 0.3) is 0 Å². The van der Waals surface area contributed by atoms with Crippen LogP contribution in [0, 0.1) is 5.41 Å². The molecule has 0 spiro atoms. The molecule has 2 rings (SSSR count). The number of esters is 1. The molecule has 132 valence electrons. The quantitative estimate of drug-likeness (QED) is 0.144. The number of carbonyl (C=O) groups is 1. The third-order valence-electron chi connectivity index (χ3n) is 3.26. The van der Waals surface area contributed by atoms with Gasteiger partial charge in [-0.15, -0.1) is 11.8 Å². The van der Waals surface area contributed by atoms with Gasteiger partial charge < -0.3 is 20.9 Å². The molecular formula is C18H21N3O3S. The van der Waals surface area contributed by atoms with E-state index in [-0.39, 0.29) is 12.6 Å². The highest BCUT2D eigenvalue weighted by Gasteiger charge is 2.09. The van der Waals surface area contributed by atoms with Crippen molar-refractivity contribution in [1.82, 2.24) is 0 Å². The van der Waals surface area contributed by atoms with Crippen molar-refractivity contribution in [3.05, 3.63) is 54.1 Å². The van der Waals surface area contributed by atoms with Gasteiger partial charge in [0.05, 0.1) is 5.56 Å². The Morgan fingerprint density at radius 3 is 2.40 bits per heavy atom. The minimum atomic E-state index is -0.447. The lowest BCUT2D eigenvalue weighted by atomic mass is 10.2. The summed E-state index contributed by atoms with van der Waals surface area (Å²) >= 11 is 1.70. The largest absolute Gasteiger partial charge is 0.423 e. The predicted molar refractivity (Wildman–Crippen MR) is 100 cm³/mol. The maximum Gasteiger partial charge on any atom is 0.343 e. The van der Waals surface area contributed by atoms with Gasteiger partial charge in [0, 0.05) is 17.2 Å². The monoisotopic (exact) mass is 359 g/mol. The van der Waals surface area contributed by atoms with Crippen molar-refractivity contribution < 1.29 is 14.6 Å². The lowest BCUT2D eigenvalue weighted by Crippen LogP contribution is -2.20. The molecule has 0 saturated heterocycles. The molecule has 25 heavy (non-hydrogen) atoms. The van der Waals surface area contributed by atoms with Gasteiger partial charge in [0.15, 0.2) is 5.96 Å². The Hall–Kier alpha value is -2.51. The third-order valence-corrected chi connectivity index (χ3v) is 4.35. The van der Waals surface area contributed by atoms with Crippen molar-refractivity contribution in [2.75, 3.05) is 17.7 Å². The van der Waals surface area contributed by atoms with Crippen LogP contribution in [0.2, 0.25) is 0 Å². The molecule has 6 nitrogen and oxygen atoms in total. The van der Waals surface area contributed by atoms with Crippen LogP contribution in [0.5, 0.6) is 5.75 Å². The summed E-state index contributed by atoms with van der Waals surface area (Å²) in [5.41, 5.74) is 6.29. The molecule has 0 aromatic heterocycles. The SMILES string of the molecule is N=C(N)Nc1ccc(C(=O)Oc2ccc(SCCCCO)cc2)cc1. The minimum absolute atomic E-state index is 0.162. The van der Waals surface area contributed by atoms with Crippen LogP contribution in [0.1, 0.15) is 23.2 Å². The molecule has 0 bridgehead atoms. The number of benzene rings is 2. The molecule has 0 aliphatic heterocycles. The second kappa shape index (κ2) is 9.71. The van der Waals surface area contributed by atoms with Crippen LogP contribution in [-0.2, 0) is 0 Å². The van der Waals surface area contributed by atoms with Crippen LogP contribution in [0.25, 0.3) is 0 Å². The number of nitrogens with two attached hydrogens (primary N) is 1. The van der Waals surface area contributed by atoms with Crippen LogP contribution in [0.3, 0.4) is 0 Å². The van der Waals surface area contributed by atoms with Crippen LogP contribution < -0.4 is 15.8 Å². The molecule has 2 aromatic rings. The summed E-state index contributed by atoms with van der Waals surface area (Å²) in [5.74, 6) is 0.818. The number of anilines is 1. The van der Waals surface area contributed by atoms with Crippen molar-refractivity contribution in [2.24, 2.45) is 5.73 Å². The number of aliphatic hydroxyl groups is 1. The van der Waals surface area contributed by atoms with E-state index < -0.39 is 5.97 Å². The van der Waals surface area contributed by atoms with Crippen molar-refractivity contribution >= 4 is 29.4 Å². The summed E-state index contributed by atoms with van der Waals surface area (Å²) in [7, 11) is 0. The first kappa shape index (κ1) is 18.8. The number of thioether (sulfide) groups is 1. The van der Waals surface area contributed by atoms with E-state index in [9.17, 15) is 4.79 Å². The maximum absolute atomic E-state index is 12.1. The normalized spacial score (nSPS) is 10.3. The Labute approximate surface area is 150 Å². The van der Waals surface area contributed by atoms with Crippen molar-refractivity contribution in [2.45, 2.75) is 17.7 Å². The second-order valence-corrected chi connectivity index (χ2v) is 6.42. The molecule has 0 atom stereocenters. The summed E-state index contributed by atoms with van der Waals surface area (Å²) in [4.78, 5) is 13.2. The Morgan fingerprint density at radius 2 is 1.80 bits per heavy atom. The summed E-state index contributed by atoms with van der Waals surface area (Å²) in [6.45, 7) is 0.223. The molecule has 2 aromatic carbocycles. The average Bonchev–Trinajstić information content (AvgIpc) is 2.60. The number of hydrogen-bond donors (Lipinski definition) is 4. The molecule has 0 radical (unpaired) electrons. The van der Waals surface area contributed by atoms with Crippen molar-refractivity contribution in [1.29, 1.82) is 5.41 Å². The van der Waals surface area contributed by atoms with Gasteiger partial charge in [0.1, 0.15) is 5.75 Å². The van der Waals surface area contributed by atoms with Gasteiger partial charge in [-0.1, -0.05) is 0 Å². The van der Waals surface area contributed by atoms with Gasteiger partial charge in [-0.3, -0.25) is 5.41 Å². The molecule has 0 aliphatic rings. The zero-order chi connectivity index (χ0) is 18.1. The van der Waals surface area contributed by atoms with Gasteiger partial charge in [0.2, 0.25) is 0 Å². The molecule has 0 fully saturated rings. The lowest BCUT2D eigenvalue weighted by molar-refractivity contribution is 0.0734. The number of rotatable bonds is 8. The number of hydrogen-bond acceptors (Lipinski definition) is 5. The number of unbranched alkanes of at least 4 members (excludes halogenated alkanes) is 1. The van der Waals surface area contributed by atoms with E-state index in [1.807, 2.05) is 12.1 Å². The van der Waals surface area contributed by atoms with E-state index >= 15 is 0 Å². The third kappa shape index (κ3) is 6.48. The van der Waals surface area contributed by atoms with E-state index in [4.69, 9.17) is 21.0 Å². The van der Waals surface area contributed by atoms with E-state index in [1.165, 1.54) is 0 Å². The van der Waals surface area contributed by atoms with E-state index in [0.717, 1.165) is 23.5 Å². The molecular weight excluding hydrogens is 338 g/mol. The van der Waals surface area contributed by atoms with Crippen LogP contribution >= 0.6 is 11.8 Å². The van der Waals surface area contributed by atoms with Gasteiger partial charge in [-0.05, 0) is 67.1 Å². The highest BCUT2D eigenvalue weighted by molar-refractivity contribution is 7.99. The summed E-state index contributed by atoms with van der Waals surface area (Å²) in [5, 5.41) is 18.6. The number of aliphatic hydroxyl groups excluding tert-OH is 1. The Bertz CT molecular complexity index is 703. The number of carbonyl (C=O) groups excluding carboxylic acids is 1. The van der Waals surface area contributed by atoms with Gasteiger partial charge in [-0.2, -0.15) is 0 Å². The van der Waals surface area contributed by atoms with Crippen molar-refractivity contribution in [3.63, 3.8) is 0 Å². The molecule has 0 unspecified atom stereocenters. The molecule has 0 amide bonds. The van der Waals surface area contributed by atoms with E-state index in [0.29, 0.717) is 17.0 Å². The first-order valence-corrected chi connectivity index (χ1v) is 8.84. The highest BCUT2D eigenvalue weighted by atomic mass is 32.2. The van der Waals surface area contributed by atoms with Crippen LogP contribution in [-0.4, -0.2) is 29.4 Å². The summed E-state index contributed by atoms with van der Waals surface area (Å²) in [6.07, 6.45) is 1.77. The topological polar surface area (TPSA) is 108 Å². The number of nitrogens with one attached hydrogen (secondary N) is 2. The van der Waals surface area contributed by atoms with Gasteiger partial charge >= 0.3 is 5.97 Å². The fourth-order valence-corrected chi connectivity index (χ4v) is 2.93. The molecule has 7 heteroatoms. The summed E-state index contributed by atoms with van der Waals surface area (Å²) in [6, 6.07) is 13.9. The fourth-order valence-electron chi connectivity index (χ4n) is 2.02. The van der Waals surface area contributed by atoms with E-state index in [1.54, 1.807) is 48.2 Å². The fraction of sp³-hybridized carbons (Fsp3) is 0.222. The second-order valence-electron chi connectivity index (χ2n) is 5.26. The molecule has 5 N–H and O–H groups in total. The zero-order valence-electron chi connectivity index (χ0n) is 13.7.